The van der Waals surface area contributed by atoms with Crippen LogP contribution in [0.4, 0.5) is 0 Å². The third-order valence-electron chi connectivity index (χ3n) is 5.22. The number of halogens is 1. The lowest BCUT2D eigenvalue weighted by Crippen LogP contribution is -2.56. The smallest absolute Gasteiger partial charge is 0.139 e. The van der Waals surface area contributed by atoms with Crippen molar-refractivity contribution in [1.29, 1.82) is 0 Å². The molecule has 1 aliphatic carbocycles. The first-order chi connectivity index (χ1) is 10.3. The molecule has 1 unspecified atom stereocenters. The molecule has 22 heavy (non-hydrogen) atoms. The fraction of sp³-hybridized carbons (Fsp3) is 0.0667. The molecule has 2 aromatic rings. The summed E-state index contributed by atoms with van der Waals surface area (Å²) in [6.07, 6.45) is 1.37. The molecule has 104 valence electrons. The number of fused-ring (bicyclic) bond motifs is 1. The van der Waals surface area contributed by atoms with Crippen LogP contribution >= 0.6 is 11.6 Å². The van der Waals surface area contributed by atoms with E-state index in [1.165, 1.54) is 32.9 Å². The van der Waals surface area contributed by atoms with Gasteiger partial charge in [0.15, 0.2) is 0 Å². The van der Waals surface area contributed by atoms with Gasteiger partial charge in [-0.25, -0.2) is 0 Å². The Hall–Kier alpha value is -1.25. The van der Waals surface area contributed by atoms with E-state index in [-0.39, 0.29) is 0 Å². The van der Waals surface area contributed by atoms with Crippen molar-refractivity contribution >= 4 is 83.7 Å². The Balaban J connectivity index is 2.30. The van der Waals surface area contributed by atoms with Gasteiger partial charge in [-0.15, -0.1) is 16.4 Å². The molecule has 0 heterocycles. The fourth-order valence-electron chi connectivity index (χ4n) is 3.48. The van der Waals surface area contributed by atoms with Gasteiger partial charge in [0.1, 0.15) is 39.2 Å². The molecular weight excluding hydrogens is 286 g/mol. The van der Waals surface area contributed by atoms with Gasteiger partial charge in [-0.1, -0.05) is 28.6 Å². The minimum atomic E-state index is -0.579. The molecule has 1 N–H and O–H groups in total. The van der Waals surface area contributed by atoms with Crippen LogP contribution in [0, 0.1) is 0 Å². The summed E-state index contributed by atoms with van der Waals surface area (Å²) in [4.78, 5) is 0. The molecule has 0 radical (unpaired) electrons. The standard InChI is InChI=1S/C15H16B5ClO/c16-11-10(12(17)14(19)15(20)13(11)18)8-4-9(22)7-3-5(21)1-2-6(7)8/h1-4,9,22H,16-20H2. The first-order valence-electron chi connectivity index (χ1n) is 7.60. The lowest BCUT2D eigenvalue weighted by molar-refractivity contribution is 0.232. The van der Waals surface area contributed by atoms with Gasteiger partial charge in [0.05, 0.1) is 6.10 Å². The van der Waals surface area contributed by atoms with Gasteiger partial charge in [0.25, 0.3) is 0 Å². The summed E-state index contributed by atoms with van der Waals surface area (Å²) in [7, 11) is 10.9. The molecule has 0 spiro atoms. The van der Waals surface area contributed by atoms with E-state index >= 15 is 0 Å². The Bertz CT molecular complexity index is 802. The predicted molar refractivity (Wildman–Crippen MR) is 111 cm³/mol. The highest BCUT2D eigenvalue weighted by molar-refractivity contribution is 6.68. The lowest BCUT2D eigenvalue weighted by atomic mass is 9.59. The van der Waals surface area contributed by atoms with E-state index in [1.54, 1.807) is 0 Å². The highest BCUT2D eigenvalue weighted by Gasteiger charge is 2.25. The minimum Gasteiger partial charge on any atom is -0.384 e. The van der Waals surface area contributed by atoms with Crippen LogP contribution in [-0.4, -0.2) is 44.3 Å². The normalized spacial score (nSPS) is 16.5. The first-order valence-corrected chi connectivity index (χ1v) is 7.97. The molecule has 0 fully saturated rings. The van der Waals surface area contributed by atoms with Crippen LogP contribution in [0.15, 0.2) is 24.3 Å². The van der Waals surface area contributed by atoms with E-state index < -0.39 is 6.10 Å². The first kappa shape index (κ1) is 15.6. The Morgan fingerprint density at radius 3 is 2.00 bits per heavy atom. The zero-order valence-electron chi connectivity index (χ0n) is 13.7. The molecule has 7 heteroatoms. The number of hydrogen-bond acceptors (Lipinski definition) is 1. The van der Waals surface area contributed by atoms with Crippen molar-refractivity contribution in [1.82, 2.24) is 0 Å². The van der Waals surface area contributed by atoms with E-state index in [0.717, 1.165) is 16.7 Å². The van der Waals surface area contributed by atoms with Crippen molar-refractivity contribution in [3.63, 3.8) is 0 Å². The largest absolute Gasteiger partial charge is 0.384 e. The average molecular weight is 302 g/mol. The predicted octanol–water partition coefficient (Wildman–Crippen LogP) is -4.89. The summed E-state index contributed by atoms with van der Waals surface area (Å²) in [6.45, 7) is 0. The van der Waals surface area contributed by atoms with Crippen LogP contribution < -0.4 is 27.3 Å². The summed E-state index contributed by atoms with van der Waals surface area (Å²) in [5.74, 6) is 0. The number of benzene rings is 2. The van der Waals surface area contributed by atoms with Crippen LogP contribution in [-0.2, 0) is 0 Å². The van der Waals surface area contributed by atoms with E-state index in [4.69, 9.17) is 11.6 Å². The summed E-state index contributed by atoms with van der Waals surface area (Å²) < 4.78 is 0. The average Bonchev–Trinajstić information content (AvgIpc) is 2.80. The maximum absolute atomic E-state index is 10.4. The molecule has 0 aliphatic heterocycles. The van der Waals surface area contributed by atoms with Gasteiger partial charge in [-0.05, 0) is 40.5 Å². The second-order valence-electron chi connectivity index (χ2n) is 6.26. The van der Waals surface area contributed by atoms with Crippen molar-refractivity contribution in [3.8, 4) is 0 Å². The SMILES string of the molecule is Bc1c(B)c(B)c(C2=CC(O)c3cc(Cl)ccc32)c(B)c1B. The van der Waals surface area contributed by atoms with Crippen LogP contribution in [0.1, 0.15) is 22.8 Å². The fourth-order valence-corrected chi connectivity index (χ4v) is 3.66. The number of rotatable bonds is 1. The second kappa shape index (κ2) is 5.44. The second-order valence-corrected chi connectivity index (χ2v) is 6.69. The van der Waals surface area contributed by atoms with E-state index in [0.29, 0.717) is 5.02 Å². The minimum absolute atomic E-state index is 0.579. The Morgan fingerprint density at radius 1 is 0.864 bits per heavy atom. The van der Waals surface area contributed by atoms with Crippen molar-refractivity contribution in [2.45, 2.75) is 6.10 Å². The molecule has 3 rings (SSSR count). The maximum Gasteiger partial charge on any atom is 0.139 e. The Kier molecular flexibility index (Phi) is 3.86. The lowest BCUT2D eigenvalue weighted by Gasteiger charge is -2.21. The van der Waals surface area contributed by atoms with Gasteiger partial charge in [0.2, 0.25) is 0 Å². The molecule has 1 atom stereocenters. The van der Waals surface area contributed by atoms with E-state index in [2.05, 4.69) is 39.2 Å². The Labute approximate surface area is 141 Å². The van der Waals surface area contributed by atoms with Crippen LogP contribution in [0.3, 0.4) is 0 Å². The van der Waals surface area contributed by atoms with E-state index in [9.17, 15) is 5.11 Å². The van der Waals surface area contributed by atoms with Crippen LogP contribution in [0.2, 0.25) is 5.02 Å². The van der Waals surface area contributed by atoms with Gasteiger partial charge in [0, 0.05) is 5.02 Å². The number of hydrogen-bond donors (Lipinski definition) is 1. The summed E-state index contributed by atoms with van der Waals surface area (Å²) in [5.41, 5.74) is 11.0. The molecule has 0 saturated carbocycles. The zero-order chi connectivity index (χ0) is 16.2. The van der Waals surface area contributed by atoms with E-state index in [1.807, 2.05) is 24.3 Å². The topological polar surface area (TPSA) is 20.2 Å². The molecule has 0 bridgehead atoms. The molecule has 1 nitrogen and oxygen atoms in total. The summed E-state index contributed by atoms with van der Waals surface area (Å²) in [5, 5.41) is 11.0. The van der Waals surface area contributed by atoms with Gasteiger partial charge in [-0.2, -0.15) is 0 Å². The quantitative estimate of drug-likeness (QED) is 0.524. The molecule has 0 aromatic heterocycles. The molecule has 0 amide bonds. The monoisotopic (exact) mass is 302 g/mol. The number of aliphatic hydroxyl groups is 1. The maximum atomic E-state index is 10.4. The van der Waals surface area contributed by atoms with Crippen LogP contribution in [0.5, 0.6) is 0 Å². The van der Waals surface area contributed by atoms with Gasteiger partial charge in [-0.3, -0.25) is 0 Å². The summed E-state index contributed by atoms with van der Waals surface area (Å²) in [6, 6.07) is 5.78. The molecule has 1 aliphatic rings. The van der Waals surface area contributed by atoms with Crippen molar-refractivity contribution in [2.24, 2.45) is 0 Å². The summed E-state index contributed by atoms with van der Waals surface area (Å²) >= 11 is 6.08. The van der Waals surface area contributed by atoms with Crippen molar-refractivity contribution in [2.75, 3.05) is 0 Å². The van der Waals surface area contributed by atoms with Gasteiger partial charge < -0.3 is 5.11 Å². The molecular formula is C15H16B5ClO. The highest BCUT2D eigenvalue weighted by atomic mass is 35.5. The highest BCUT2D eigenvalue weighted by Crippen LogP contribution is 2.38. The molecule has 2 aromatic carbocycles. The Morgan fingerprint density at radius 2 is 1.41 bits per heavy atom. The zero-order valence-corrected chi connectivity index (χ0v) is 14.5. The molecule has 0 saturated heterocycles. The van der Waals surface area contributed by atoms with Crippen LogP contribution in [0.25, 0.3) is 5.57 Å². The number of aliphatic hydroxyl groups excluding tert-OH is 1. The van der Waals surface area contributed by atoms with Crippen molar-refractivity contribution in [3.05, 3.63) is 46.0 Å². The van der Waals surface area contributed by atoms with Gasteiger partial charge >= 0.3 is 0 Å². The van der Waals surface area contributed by atoms with Crippen molar-refractivity contribution < 1.29 is 5.11 Å². The third-order valence-corrected chi connectivity index (χ3v) is 5.45. The third kappa shape index (κ3) is 2.21.